The van der Waals surface area contributed by atoms with Crippen LogP contribution in [0.4, 0.5) is 0 Å². The molecule has 0 aromatic heterocycles. The first-order chi connectivity index (χ1) is 12.0. The van der Waals surface area contributed by atoms with Crippen LogP contribution in [0.3, 0.4) is 0 Å². The highest BCUT2D eigenvalue weighted by atomic mass is 35.5. The Labute approximate surface area is 150 Å². The van der Waals surface area contributed by atoms with Crippen molar-refractivity contribution in [3.8, 4) is 6.07 Å². The summed E-state index contributed by atoms with van der Waals surface area (Å²) in [6.45, 7) is 1.45. The summed E-state index contributed by atoms with van der Waals surface area (Å²) in [5.41, 5.74) is 7.91. The number of benzene rings is 2. The maximum Gasteiger partial charge on any atom is 0.205 e. The van der Waals surface area contributed by atoms with Crippen LogP contribution in [0.15, 0.2) is 71.6 Å². The van der Waals surface area contributed by atoms with E-state index in [-0.39, 0.29) is 17.2 Å². The minimum absolute atomic E-state index is 0.0173. The molecule has 0 aliphatic carbocycles. The number of hydrogen-bond donors (Lipinski definition) is 1. The van der Waals surface area contributed by atoms with Crippen molar-refractivity contribution in [1.82, 2.24) is 0 Å². The van der Waals surface area contributed by atoms with E-state index in [0.717, 1.165) is 0 Å². The van der Waals surface area contributed by atoms with E-state index in [1.54, 1.807) is 18.2 Å². The van der Waals surface area contributed by atoms with E-state index in [2.05, 4.69) is 6.07 Å². The van der Waals surface area contributed by atoms with Gasteiger partial charge >= 0.3 is 0 Å². The fraction of sp³-hybridized carbons (Fsp3) is 0.100. The lowest BCUT2D eigenvalue weighted by molar-refractivity contribution is -0.113. The van der Waals surface area contributed by atoms with Gasteiger partial charge in [0.25, 0.3) is 0 Å². The average molecular weight is 351 g/mol. The van der Waals surface area contributed by atoms with Crippen LogP contribution in [0, 0.1) is 11.3 Å². The number of halogens is 1. The normalized spacial score (nSPS) is 17.1. The first-order valence-electron chi connectivity index (χ1n) is 7.67. The summed E-state index contributed by atoms with van der Waals surface area (Å²) in [5, 5.41) is 10.1. The van der Waals surface area contributed by atoms with Crippen LogP contribution in [0.2, 0.25) is 5.02 Å². The molecule has 2 N–H and O–H groups in total. The molecule has 124 valence electrons. The molecule has 1 aliphatic rings. The lowest BCUT2D eigenvalue weighted by atomic mass is 9.80. The molecule has 5 heteroatoms. The predicted octanol–water partition coefficient (Wildman–Crippen LogP) is 4.15. The van der Waals surface area contributed by atoms with Crippen LogP contribution >= 0.6 is 11.6 Å². The Morgan fingerprint density at radius 1 is 1.16 bits per heavy atom. The third kappa shape index (κ3) is 3.02. The number of hydrogen-bond acceptors (Lipinski definition) is 4. The Bertz CT molecular complexity index is 940. The molecule has 1 aliphatic heterocycles. The third-order valence-electron chi connectivity index (χ3n) is 4.05. The number of nitrogens with two attached hydrogens (primary N) is 1. The van der Waals surface area contributed by atoms with Gasteiger partial charge in [0, 0.05) is 10.6 Å². The summed E-state index contributed by atoms with van der Waals surface area (Å²) < 4.78 is 5.69. The molecule has 4 nitrogen and oxygen atoms in total. The Kier molecular flexibility index (Phi) is 4.60. The molecule has 0 radical (unpaired) electrons. The van der Waals surface area contributed by atoms with Crippen molar-refractivity contribution in [1.29, 1.82) is 5.26 Å². The fourth-order valence-corrected chi connectivity index (χ4v) is 3.19. The van der Waals surface area contributed by atoms with Gasteiger partial charge in [-0.15, -0.1) is 0 Å². The molecule has 0 bridgehead atoms. The number of ketones is 1. The SMILES string of the molecule is CC(=O)C1=C(c2ccccc2)OC(N)=C(C#N)[C@@H]1c1ccccc1Cl. The topological polar surface area (TPSA) is 76.1 Å². The summed E-state index contributed by atoms with van der Waals surface area (Å²) in [6.07, 6.45) is 0. The summed E-state index contributed by atoms with van der Waals surface area (Å²) in [5.74, 6) is -0.532. The van der Waals surface area contributed by atoms with E-state index >= 15 is 0 Å². The minimum atomic E-state index is -0.667. The van der Waals surface area contributed by atoms with Gasteiger partial charge in [0.05, 0.1) is 11.5 Å². The molecule has 1 heterocycles. The first-order valence-corrected chi connectivity index (χ1v) is 8.05. The van der Waals surface area contributed by atoms with Crippen molar-refractivity contribution >= 4 is 23.1 Å². The third-order valence-corrected chi connectivity index (χ3v) is 4.40. The number of allylic oxidation sites excluding steroid dienone is 2. The number of carbonyl (C=O) groups excluding carboxylic acids is 1. The van der Waals surface area contributed by atoms with Crippen molar-refractivity contribution < 1.29 is 9.53 Å². The van der Waals surface area contributed by atoms with E-state index in [1.807, 2.05) is 36.4 Å². The van der Waals surface area contributed by atoms with Gasteiger partial charge in [-0.2, -0.15) is 5.26 Å². The van der Waals surface area contributed by atoms with Gasteiger partial charge < -0.3 is 10.5 Å². The van der Waals surface area contributed by atoms with Gasteiger partial charge in [-0.05, 0) is 18.6 Å². The highest BCUT2D eigenvalue weighted by Crippen LogP contribution is 2.44. The van der Waals surface area contributed by atoms with E-state index < -0.39 is 5.92 Å². The molecule has 0 saturated carbocycles. The van der Waals surface area contributed by atoms with E-state index in [9.17, 15) is 10.1 Å². The van der Waals surface area contributed by atoms with Crippen LogP contribution < -0.4 is 5.73 Å². The Morgan fingerprint density at radius 2 is 1.80 bits per heavy atom. The molecular formula is C20H15ClN2O2. The highest BCUT2D eigenvalue weighted by Gasteiger charge is 2.36. The quantitative estimate of drug-likeness (QED) is 0.902. The number of carbonyl (C=O) groups is 1. The molecule has 0 spiro atoms. The fourth-order valence-electron chi connectivity index (χ4n) is 2.94. The number of Topliss-reactive ketones (excluding diaryl/α,β-unsaturated/α-hetero) is 1. The largest absolute Gasteiger partial charge is 0.439 e. The van der Waals surface area contributed by atoms with Crippen molar-refractivity contribution in [3.63, 3.8) is 0 Å². The van der Waals surface area contributed by atoms with E-state index in [1.165, 1.54) is 6.92 Å². The molecule has 25 heavy (non-hydrogen) atoms. The molecular weight excluding hydrogens is 336 g/mol. The van der Waals surface area contributed by atoms with E-state index in [0.29, 0.717) is 27.5 Å². The van der Waals surface area contributed by atoms with Crippen molar-refractivity contribution in [2.75, 3.05) is 0 Å². The zero-order valence-electron chi connectivity index (χ0n) is 13.5. The van der Waals surface area contributed by atoms with Crippen LogP contribution in [0.5, 0.6) is 0 Å². The summed E-state index contributed by atoms with van der Waals surface area (Å²) in [4.78, 5) is 12.5. The maximum absolute atomic E-state index is 12.5. The van der Waals surface area contributed by atoms with Gasteiger partial charge in [0.15, 0.2) is 5.78 Å². The molecule has 1 atom stereocenters. The van der Waals surface area contributed by atoms with Crippen LogP contribution in [-0.2, 0) is 9.53 Å². The van der Waals surface area contributed by atoms with Gasteiger partial charge in [-0.25, -0.2) is 0 Å². The summed E-state index contributed by atoms with van der Waals surface area (Å²) in [6, 6.07) is 18.4. The molecule has 0 unspecified atom stereocenters. The summed E-state index contributed by atoms with van der Waals surface area (Å²) >= 11 is 6.34. The molecule has 0 saturated heterocycles. The molecule has 2 aromatic rings. The standard InChI is InChI=1S/C20H15ClN2O2/c1-12(24)17-18(14-9-5-6-10-16(14)21)15(11-22)20(23)25-19(17)13-7-3-2-4-8-13/h2-10,18H,23H2,1H3/t18-/m0/s1. The van der Waals surface area contributed by atoms with Gasteiger partial charge in [0.2, 0.25) is 5.88 Å². The van der Waals surface area contributed by atoms with Crippen molar-refractivity contribution in [3.05, 3.63) is 87.8 Å². The Hall–Kier alpha value is -3.03. The lowest BCUT2D eigenvalue weighted by Crippen LogP contribution is -2.23. The molecule has 0 amide bonds. The van der Waals surface area contributed by atoms with Crippen LogP contribution in [0.1, 0.15) is 24.0 Å². The zero-order valence-corrected chi connectivity index (χ0v) is 14.2. The lowest BCUT2D eigenvalue weighted by Gasteiger charge is -2.28. The van der Waals surface area contributed by atoms with Crippen LogP contribution in [0.25, 0.3) is 5.76 Å². The monoisotopic (exact) mass is 350 g/mol. The Balaban J connectivity index is 2.31. The Morgan fingerprint density at radius 3 is 2.40 bits per heavy atom. The average Bonchev–Trinajstić information content (AvgIpc) is 2.61. The number of ether oxygens (including phenoxy) is 1. The second kappa shape index (κ2) is 6.84. The predicted molar refractivity (Wildman–Crippen MR) is 96.1 cm³/mol. The van der Waals surface area contributed by atoms with E-state index in [4.69, 9.17) is 22.1 Å². The maximum atomic E-state index is 12.5. The van der Waals surface area contributed by atoms with Gasteiger partial charge in [0.1, 0.15) is 17.4 Å². The van der Waals surface area contributed by atoms with Crippen molar-refractivity contribution in [2.24, 2.45) is 5.73 Å². The number of nitrogens with zero attached hydrogens (tertiary/aromatic N) is 1. The smallest absolute Gasteiger partial charge is 0.205 e. The minimum Gasteiger partial charge on any atom is -0.439 e. The van der Waals surface area contributed by atoms with Gasteiger partial charge in [-0.3, -0.25) is 4.79 Å². The first kappa shape index (κ1) is 16.8. The molecule has 0 fully saturated rings. The second-order valence-electron chi connectivity index (χ2n) is 5.61. The van der Waals surface area contributed by atoms with Gasteiger partial charge in [-0.1, -0.05) is 60.1 Å². The number of nitriles is 1. The van der Waals surface area contributed by atoms with Crippen molar-refractivity contribution in [2.45, 2.75) is 12.8 Å². The van der Waals surface area contributed by atoms with Crippen LogP contribution in [-0.4, -0.2) is 5.78 Å². The zero-order chi connectivity index (χ0) is 18.0. The molecule has 3 rings (SSSR count). The second-order valence-corrected chi connectivity index (χ2v) is 6.02. The molecule has 2 aromatic carbocycles. The number of rotatable bonds is 3. The highest BCUT2D eigenvalue weighted by molar-refractivity contribution is 6.31. The summed E-state index contributed by atoms with van der Waals surface area (Å²) in [7, 11) is 0.